The molecule has 6 nitrogen and oxygen atoms in total. The molecule has 1 saturated heterocycles. The molecule has 0 aliphatic carbocycles. The number of hydrogen-bond donors (Lipinski definition) is 1. The molecule has 0 saturated carbocycles. The topological polar surface area (TPSA) is 61.9 Å². The predicted octanol–water partition coefficient (Wildman–Crippen LogP) is 2.40. The summed E-state index contributed by atoms with van der Waals surface area (Å²) in [5, 5.41) is 2.95. The van der Waals surface area contributed by atoms with Gasteiger partial charge in [0.1, 0.15) is 5.75 Å². The first kappa shape index (κ1) is 18.9. The second kappa shape index (κ2) is 8.68. The second-order valence-electron chi connectivity index (χ2n) is 6.66. The molecule has 1 aliphatic rings. The first-order chi connectivity index (χ1) is 13.1. The number of anilines is 1. The summed E-state index contributed by atoms with van der Waals surface area (Å²) >= 11 is 0. The normalized spacial score (nSPS) is 14.7. The summed E-state index contributed by atoms with van der Waals surface area (Å²) in [4.78, 5) is 28.8. The van der Waals surface area contributed by atoms with Crippen LogP contribution < -0.4 is 10.1 Å². The molecule has 0 bridgehead atoms. The molecule has 0 atom stereocenters. The molecule has 142 valence electrons. The number of carbonyl (C=O) groups is 2. The fourth-order valence-electron chi connectivity index (χ4n) is 3.15. The lowest BCUT2D eigenvalue weighted by Crippen LogP contribution is -2.50. The van der Waals surface area contributed by atoms with Crippen LogP contribution in [-0.2, 0) is 4.79 Å². The number of amides is 2. The van der Waals surface area contributed by atoms with E-state index >= 15 is 0 Å². The van der Waals surface area contributed by atoms with Crippen molar-refractivity contribution < 1.29 is 14.3 Å². The lowest BCUT2D eigenvalue weighted by molar-refractivity contribution is -0.117. The van der Waals surface area contributed by atoms with Crippen molar-refractivity contribution in [2.75, 3.05) is 45.2 Å². The van der Waals surface area contributed by atoms with E-state index in [1.54, 1.807) is 19.2 Å². The van der Waals surface area contributed by atoms with E-state index in [9.17, 15) is 9.59 Å². The number of benzene rings is 2. The molecular formula is C21H25N3O3. The molecule has 3 rings (SSSR count). The monoisotopic (exact) mass is 367 g/mol. The zero-order chi connectivity index (χ0) is 19.2. The first-order valence-corrected chi connectivity index (χ1v) is 9.08. The van der Waals surface area contributed by atoms with Gasteiger partial charge in [0.2, 0.25) is 5.91 Å². The number of ether oxygens (including phenoxy) is 1. The molecule has 0 unspecified atom stereocenters. The average molecular weight is 367 g/mol. The summed E-state index contributed by atoms with van der Waals surface area (Å²) in [5.74, 6) is 0.641. The van der Waals surface area contributed by atoms with Crippen molar-refractivity contribution in [1.82, 2.24) is 9.80 Å². The van der Waals surface area contributed by atoms with E-state index in [4.69, 9.17) is 4.74 Å². The van der Waals surface area contributed by atoms with E-state index in [-0.39, 0.29) is 11.8 Å². The highest BCUT2D eigenvalue weighted by molar-refractivity contribution is 5.95. The largest absolute Gasteiger partial charge is 0.497 e. The summed E-state index contributed by atoms with van der Waals surface area (Å²) in [6.45, 7) is 4.86. The van der Waals surface area contributed by atoms with Crippen LogP contribution in [0.2, 0.25) is 0 Å². The lowest BCUT2D eigenvalue weighted by atomic mass is 10.1. The van der Waals surface area contributed by atoms with Crippen molar-refractivity contribution >= 4 is 17.5 Å². The number of aryl methyl sites for hydroxylation is 1. The van der Waals surface area contributed by atoms with Gasteiger partial charge in [-0.2, -0.15) is 0 Å². The maximum Gasteiger partial charge on any atom is 0.254 e. The summed E-state index contributed by atoms with van der Waals surface area (Å²) in [5.41, 5.74) is 2.51. The number of nitrogens with one attached hydrogen (secondary N) is 1. The summed E-state index contributed by atoms with van der Waals surface area (Å²) in [6.07, 6.45) is 0. The Hall–Kier alpha value is -2.86. The number of para-hydroxylation sites is 1. The number of nitrogens with zero attached hydrogens (tertiary/aromatic N) is 2. The third-order valence-electron chi connectivity index (χ3n) is 4.76. The van der Waals surface area contributed by atoms with Crippen LogP contribution in [0.25, 0.3) is 0 Å². The van der Waals surface area contributed by atoms with E-state index < -0.39 is 0 Å². The van der Waals surface area contributed by atoms with Crippen LogP contribution in [0, 0.1) is 6.92 Å². The highest BCUT2D eigenvalue weighted by Crippen LogP contribution is 2.16. The molecular weight excluding hydrogens is 342 g/mol. The quantitative estimate of drug-likeness (QED) is 0.882. The van der Waals surface area contributed by atoms with Crippen LogP contribution >= 0.6 is 0 Å². The molecule has 1 fully saturated rings. The number of hydrogen-bond acceptors (Lipinski definition) is 4. The zero-order valence-corrected chi connectivity index (χ0v) is 15.8. The fraction of sp³-hybridized carbons (Fsp3) is 0.333. The molecule has 1 aliphatic heterocycles. The molecule has 27 heavy (non-hydrogen) atoms. The Kier molecular flexibility index (Phi) is 6.08. The number of piperazine rings is 1. The summed E-state index contributed by atoms with van der Waals surface area (Å²) in [6, 6.07) is 14.9. The first-order valence-electron chi connectivity index (χ1n) is 9.08. The molecule has 2 amide bonds. The Bertz CT molecular complexity index is 814. The van der Waals surface area contributed by atoms with Gasteiger partial charge in [-0.1, -0.05) is 24.3 Å². The third-order valence-corrected chi connectivity index (χ3v) is 4.76. The van der Waals surface area contributed by atoms with Gasteiger partial charge in [0, 0.05) is 37.4 Å². The van der Waals surface area contributed by atoms with Crippen molar-refractivity contribution in [3.8, 4) is 5.75 Å². The number of methoxy groups -OCH3 is 1. The highest BCUT2D eigenvalue weighted by Gasteiger charge is 2.23. The van der Waals surface area contributed by atoms with E-state index in [2.05, 4.69) is 10.2 Å². The smallest absolute Gasteiger partial charge is 0.254 e. The maximum absolute atomic E-state index is 12.6. The Morgan fingerprint density at radius 3 is 2.48 bits per heavy atom. The fourth-order valence-corrected chi connectivity index (χ4v) is 3.15. The third kappa shape index (κ3) is 4.86. The van der Waals surface area contributed by atoms with Gasteiger partial charge in [0.25, 0.3) is 5.91 Å². The minimum atomic E-state index is -0.0307. The van der Waals surface area contributed by atoms with Gasteiger partial charge in [0.15, 0.2) is 0 Å². The van der Waals surface area contributed by atoms with Crippen LogP contribution in [0.1, 0.15) is 15.9 Å². The molecule has 1 heterocycles. The Morgan fingerprint density at radius 2 is 1.78 bits per heavy atom. The zero-order valence-electron chi connectivity index (χ0n) is 15.8. The van der Waals surface area contributed by atoms with Crippen molar-refractivity contribution in [3.05, 3.63) is 59.7 Å². The summed E-state index contributed by atoms with van der Waals surface area (Å²) < 4.78 is 5.19. The van der Waals surface area contributed by atoms with Crippen LogP contribution in [0.4, 0.5) is 5.69 Å². The van der Waals surface area contributed by atoms with E-state index in [0.29, 0.717) is 44.0 Å². The Labute approximate surface area is 159 Å². The standard InChI is InChI=1S/C21H25N3O3/c1-16-6-3-4-9-19(16)22-20(25)15-23-10-12-24(13-11-23)21(26)17-7-5-8-18(14-17)27-2/h3-9,14H,10-13,15H2,1-2H3,(H,22,25). The minimum Gasteiger partial charge on any atom is -0.497 e. The van der Waals surface area contributed by atoms with Gasteiger partial charge in [-0.05, 0) is 36.8 Å². The highest BCUT2D eigenvalue weighted by atomic mass is 16.5. The van der Waals surface area contributed by atoms with E-state index in [1.807, 2.05) is 48.2 Å². The van der Waals surface area contributed by atoms with Crippen molar-refractivity contribution in [3.63, 3.8) is 0 Å². The predicted molar refractivity (Wildman–Crippen MR) is 105 cm³/mol. The Morgan fingerprint density at radius 1 is 1.04 bits per heavy atom. The Balaban J connectivity index is 1.50. The maximum atomic E-state index is 12.6. The van der Waals surface area contributed by atoms with Crippen molar-refractivity contribution in [2.24, 2.45) is 0 Å². The SMILES string of the molecule is COc1cccc(C(=O)N2CCN(CC(=O)Nc3ccccc3C)CC2)c1. The molecule has 1 N–H and O–H groups in total. The molecule has 0 spiro atoms. The van der Waals surface area contributed by atoms with Crippen LogP contribution in [0.5, 0.6) is 5.75 Å². The van der Waals surface area contributed by atoms with E-state index in [0.717, 1.165) is 11.3 Å². The molecule has 2 aromatic carbocycles. The van der Waals surface area contributed by atoms with E-state index in [1.165, 1.54) is 0 Å². The van der Waals surface area contributed by atoms with Gasteiger partial charge in [-0.25, -0.2) is 0 Å². The van der Waals surface area contributed by atoms with Gasteiger partial charge in [-0.3, -0.25) is 14.5 Å². The number of carbonyl (C=O) groups excluding carboxylic acids is 2. The molecule has 0 aromatic heterocycles. The van der Waals surface area contributed by atoms with Crippen molar-refractivity contribution in [1.29, 1.82) is 0 Å². The van der Waals surface area contributed by atoms with Gasteiger partial charge < -0.3 is 15.0 Å². The van der Waals surface area contributed by atoms with Gasteiger partial charge in [0.05, 0.1) is 13.7 Å². The van der Waals surface area contributed by atoms with Crippen LogP contribution in [0.15, 0.2) is 48.5 Å². The van der Waals surface area contributed by atoms with Crippen molar-refractivity contribution in [2.45, 2.75) is 6.92 Å². The molecule has 6 heteroatoms. The molecule has 2 aromatic rings. The lowest BCUT2D eigenvalue weighted by Gasteiger charge is -2.34. The molecule has 0 radical (unpaired) electrons. The van der Waals surface area contributed by atoms with Gasteiger partial charge in [-0.15, -0.1) is 0 Å². The van der Waals surface area contributed by atoms with Crippen LogP contribution in [-0.4, -0.2) is 61.4 Å². The summed E-state index contributed by atoms with van der Waals surface area (Å²) in [7, 11) is 1.59. The van der Waals surface area contributed by atoms with Gasteiger partial charge >= 0.3 is 0 Å². The second-order valence-corrected chi connectivity index (χ2v) is 6.66. The van der Waals surface area contributed by atoms with Crippen LogP contribution in [0.3, 0.4) is 0 Å². The minimum absolute atomic E-state index is 0.00193. The number of rotatable bonds is 5. The average Bonchev–Trinajstić information content (AvgIpc) is 2.70.